The van der Waals surface area contributed by atoms with Gasteiger partial charge in [0.1, 0.15) is 5.82 Å². The molecule has 0 unspecified atom stereocenters. The number of imide groups is 1. The average Bonchev–Trinajstić information content (AvgIpc) is 2.68. The van der Waals surface area contributed by atoms with Gasteiger partial charge in [0.05, 0.1) is 6.61 Å². The minimum atomic E-state index is -0.310. The summed E-state index contributed by atoms with van der Waals surface area (Å²) in [5.41, 5.74) is 0.819. The number of amides is 2. The van der Waals surface area contributed by atoms with Crippen molar-refractivity contribution >= 4 is 17.9 Å². The Morgan fingerprint density at radius 2 is 1.78 bits per heavy atom. The Morgan fingerprint density at radius 3 is 2.39 bits per heavy atom. The molecule has 1 fully saturated rings. The van der Waals surface area contributed by atoms with Gasteiger partial charge in [0.25, 0.3) is 11.8 Å². The standard InChI is InChI=1S/C13H12FNO3/c14-11-5-3-10(4-6-11)2-1-9-18-15-12(16)7-8-13(15)17/h1-6H,7-9H2/b2-1+. The molecule has 1 heterocycles. The summed E-state index contributed by atoms with van der Waals surface area (Å²) in [6.45, 7) is 0.120. The highest BCUT2D eigenvalue weighted by Crippen LogP contribution is 2.12. The number of hydroxylamine groups is 2. The molecule has 0 radical (unpaired) electrons. The number of hydrogen-bond donors (Lipinski definition) is 0. The smallest absolute Gasteiger partial charge is 0.254 e. The molecule has 2 rings (SSSR count). The Labute approximate surface area is 104 Å². The summed E-state index contributed by atoms with van der Waals surface area (Å²) in [5.74, 6) is -0.915. The zero-order chi connectivity index (χ0) is 13.0. The van der Waals surface area contributed by atoms with Crippen LogP contribution in [0.1, 0.15) is 18.4 Å². The lowest BCUT2D eigenvalue weighted by molar-refractivity contribution is -0.184. The van der Waals surface area contributed by atoms with E-state index in [-0.39, 0.29) is 37.1 Å². The number of rotatable bonds is 4. The van der Waals surface area contributed by atoms with E-state index in [4.69, 9.17) is 4.84 Å². The van der Waals surface area contributed by atoms with E-state index in [1.54, 1.807) is 24.3 Å². The fourth-order valence-electron chi connectivity index (χ4n) is 1.58. The zero-order valence-corrected chi connectivity index (χ0v) is 9.64. The van der Waals surface area contributed by atoms with Crippen molar-refractivity contribution in [2.24, 2.45) is 0 Å². The highest BCUT2D eigenvalue weighted by atomic mass is 19.1. The van der Waals surface area contributed by atoms with Crippen LogP contribution in [0.15, 0.2) is 30.3 Å². The van der Waals surface area contributed by atoms with Crippen LogP contribution >= 0.6 is 0 Å². The maximum absolute atomic E-state index is 12.6. The summed E-state index contributed by atoms with van der Waals surface area (Å²) in [5, 5.41) is 0.801. The van der Waals surface area contributed by atoms with Gasteiger partial charge in [0.15, 0.2) is 0 Å². The molecule has 1 aliphatic heterocycles. The molecule has 0 bridgehead atoms. The molecule has 1 saturated heterocycles. The molecule has 4 nitrogen and oxygen atoms in total. The summed E-state index contributed by atoms with van der Waals surface area (Å²) >= 11 is 0. The summed E-state index contributed by atoms with van der Waals surface area (Å²) in [7, 11) is 0. The second-order valence-electron chi connectivity index (χ2n) is 3.83. The van der Waals surface area contributed by atoms with Gasteiger partial charge in [-0.1, -0.05) is 24.3 Å². The van der Waals surface area contributed by atoms with Crippen LogP contribution in [-0.4, -0.2) is 23.5 Å². The Morgan fingerprint density at radius 1 is 1.17 bits per heavy atom. The SMILES string of the molecule is O=C1CCC(=O)N1OC/C=C/c1ccc(F)cc1. The van der Waals surface area contributed by atoms with E-state index in [0.29, 0.717) is 0 Å². The van der Waals surface area contributed by atoms with Crippen LogP contribution in [0.4, 0.5) is 4.39 Å². The first kappa shape index (κ1) is 12.4. The van der Waals surface area contributed by atoms with Gasteiger partial charge in [-0.3, -0.25) is 14.4 Å². The van der Waals surface area contributed by atoms with Crippen molar-refractivity contribution in [3.8, 4) is 0 Å². The Kier molecular flexibility index (Phi) is 3.84. The van der Waals surface area contributed by atoms with Gasteiger partial charge in [-0.15, -0.1) is 0 Å². The van der Waals surface area contributed by atoms with Gasteiger partial charge in [-0.05, 0) is 17.7 Å². The van der Waals surface area contributed by atoms with Gasteiger partial charge in [0, 0.05) is 12.8 Å². The highest BCUT2D eigenvalue weighted by Gasteiger charge is 2.29. The maximum Gasteiger partial charge on any atom is 0.254 e. The van der Waals surface area contributed by atoms with Gasteiger partial charge in [-0.2, -0.15) is 5.06 Å². The van der Waals surface area contributed by atoms with Crippen molar-refractivity contribution in [2.75, 3.05) is 6.61 Å². The molecule has 1 aromatic carbocycles. The van der Waals surface area contributed by atoms with E-state index < -0.39 is 0 Å². The number of benzene rings is 1. The number of hydrogen-bond acceptors (Lipinski definition) is 3. The quantitative estimate of drug-likeness (QED) is 0.766. The minimum Gasteiger partial charge on any atom is -0.272 e. The third kappa shape index (κ3) is 3.01. The predicted molar refractivity (Wildman–Crippen MR) is 62.5 cm³/mol. The van der Waals surface area contributed by atoms with Gasteiger partial charge < -0.3 is 0 Å². The molecule has 2 amide bonds. The Balaban J connectivity index is 1.83. The third-order valence-electron chi connectivity index (χ3n) is 2.49. The summed E-state index contributed by atoms with van der Waals surface area (Å²) in [4.78, 5) is 27.4. The van der Waals surface area contributed by atoms with Crippen molar-refractivity contribution in [2.45, 2.75) is 12.8 Å². The normalized spacial score (nSPS) is 15.9. The lowest BCUT2D eigenvalue weighted by Gasteiger charge is -2.10. The Hall–Kier alpha value is -2.01. The van der Waals surface area contributed by atoms with Crippen LogP contribution in [-0.2, 0) is 14.4 Å². The van der Waals surface area contributed by atoms with Gasteiger partial charge in [0.2, 0.25) is 0 Å². The zero-order valence-electron chi connectivity index (χ0n) is 9.64. The number of carbonyl (C=O) groups is 2. The van der Waals surface area contributed by atoms with Crippen LogP contribution in [0, 0.1) is 5.82 Å². The summed E-state index contributed by atoms with van der Waals surface area (Å²) in [6.07, 6.45) is 3.80. The van der Waals surface area contributed by atoms with E-state index in [1.807, 2.05) is 0 Å². The van der Waals surface area contributed by atoms with Crippen LogP contribution in [0.2, 0.25) is 0 Å². The molecule has 0 aliphatic carbocycles. The molecule has 5 heteroatoms. The average molecular weight is 249 g/mol. The van der Waals surface area contributed by atoms with E-state index in [2.05, 4.69) is 0 Å². The van der Waals surface area contributed by atoms with Crippen LogP contribution in [0.5, 0.6) is 0 Å². The fourth-order valence-corrected chi connectivity index (χ4v) is 1.58. The van der Waals surface area contributed by atoms with E-state index in [1.165, 1.54) is 12.1 Å². The molecule has 0 N–H and O–H groups in total. The van der Waals surface area contributed by atoms with Crippen molar-refractivity contribution in [1.29, 1.82) is 0 Å². The lowest BCUT2D eigenvalue weighted by Crippen LogP contribution is -2.29. The monoisotopic (exact) mass is 249 g/mol. The van der Waals surface area contributed by atoms with Gasteiger partial charge >= 0.3 is 0 Å². The lowest BCUT2D eigenvalue weighted by atomic mass is 10.2. The van der Waals surface area contributed by atoms with Crippen molar-refractivity contribution < 1.29 is 18.8 Å². The van der Waals surface area contributed by atoms with Gasteiger partial charge in [-0.25, -0.2) is 4.39 Å². The first-order valence-electron chi connectivity index (χ1n) is 5.57. The first-order chi connectivity index (χ1) is 8.66. The molecular weight excluding hydrogens is 237 g/mol. The number of nitrogens with zero attached hydrogens (tertiary/aromatic N) is 1. The highest BCUT2D eigenvalue weighted by molar-refractivity contribution is 6.00. The molecule has 18 heavy (non-hydrogen) atoms. The van der Waals surface area contributed by atoms with Crippen LogP contribution in [0.3, 0.4) is 0 Å². The predicted octanol–water partition coefficient (Wildman–Crippen LogP) is 1.92. The van der Waals surface area contributed by atoms with Crippen molar-refractivity contribution in [3.63, 3.8) is 0 Å². The molecule has 0 saturated carbocycles. The molecule has 1 aliphatic rings. The molecule has 1 aromatic rings. The number of carbonyl (C=O) groups excluding carboxylic acids is 2. The first-order valence-corrected chi connectivity index (χ1v) is 5.57. The largest absolute Gasteiger partial charge is 0.272 e. The number of halogens is 1. The van der Waals surface area contributed by atoms with Crippen molar-refractivity contribution in [1.82, 2.24) is 5.06 Å². The molecular formula is C13H12FNO3. The summed E-state index contributed by atoms with van der Waals surface area (Å²) < 4.78 is 12.6. The topological polar surface area (TPSA) is 46.6 Å². The van der Waals surface area contributed by atoms with E-state index in [0.717, 1.165) is 10.6 Å². The van der Waals surface area contributed by atoms with Crippen molar-refractivity contribution in [3.05, 3.63) is 41.7 Å². The summed E-state index contributed by atoms with van der Waals surface area (Å²) in [6, 6.07) is 5.96. The fraction of sp³-hybridized carbons (Fsp3) is 0.231. The van der Waals surface area contributed by atoms with Crippen LogP contribution in [0.25, 0.3) is 6.08 Å². The van der Waals surface area contributed by atoms with E-state index >= 15 is 0 Å². The second kappa shape index (κ2) is 5.55. The molecule has 94 valence electrons. The molecule has 0 aromatic heterocycles. The van der Waals surface area contributed by atoms with Crippen LogP contribution < -0.4 is 0 Å². The second-order valence-corrected chi connectivity index (χ2v) is 3.83. The Bertz CT molecular complexity index is 466. The third-order valence-corrected chi connectivity index (χ3v) is 2.49. The van der Waals surface area contributed by atoms with E-state index in [9.17, 15) is 14.0 Å². The molecule has 0 spiro atoms. The minimum absolute atomic E-state index is 0.120. The molecule has 0 atom stereocenters. The maximum atomic E-state index is 12.6.